The lowest BCUT2D eigenvalue weighted by Crippen LogP contribution is -2.31. The molecule has 0 spiro atoms. The van der Waals surface area contributed by atoms with Gasteiger partial charge in [0.15, 0.2) is 11.4 Å². The Morgan fingerprint density at radius 2 is 0.875 bits per heavy atom. The van der Waals surface area contributed by atoms with Crippen molar-refractivity contribution in [3.63, 3.8) is 0 Å². The van der Waals surface area contributed by atoms with Gasteiger partial charge in [0.05, 0.1) is 16.2 Å². The number of hydrogen-bond acceptors (Lipinski definition) is 7. The Labute approximate surface area is 258 Å². The first-order valence-electron chi connectivity index (χ1n) is 12.5. The third-order valence-electron chi connectivity index (χ3n) is 6.51. The highest BCUT2D eigenvalue weighted by molar-refractivity contribution is 6.29. The van der Waals surface area contributed by atoms with E-state index >= 15 is 0 Å². The van der Waals surface area contributed by atoms with Gasteiger partial charge in [0.1, 0.15) is 39.9 Å². The minimum absolute atomic E-state index is 0.436. The van der Waals surface area contributed by atoms with Crippen molar-refractivity contribution in [2.45, 2.75) is 24.7 Å². The van der Waals surface area contributed by atoms with E-state index in [4.69, 9.17) is 6.57 Å². The zero-order valence-electron chi connectivity index (χ0n) is 22.7. The molecule has 5 rings (SSSR count). The van der Waals surface area contributed by atoms with E-state index in [1.807, 2.05) is 0 Å². The van der Waals surface area contributed by atoms with Gasteiger partial charge in [-0.15, -0.1) is 4.95 Å². The van der Waals surface area contributed by atoms with E-state index in [2.05, 4.69) is 35.0 Å². The molecule has 2 aromatic heterocycles. The van der Waals surface area contributed by atoms with E-state index in [-0.39, 0.29) is 0 Å². The zero-order valence-corrected chi connectivity index (χ0v) is 22.7. The lowest BCUT2D eigenvalue weighted by atomic mass is 9.93. The molecule has 0 fully saturated rings. The molecule has 1 aliphatic carbocycles. The van der Waals surface area contributed by atoms with E-state index in [9.17, 15) is 57.9 Å². The van der Waals surface area contributed by atoms with Gasteiger partial charge in [0.2, 0.25) is 11.9 Å². The van der Waals surface area contributed by atoms with Crippen LogP contribution in [0.25, 0.3) is 27.5 Å². The van der Waals surface area contributed by atoms with E-state index in [1.54, 1.807) is 0 Å². The van der Waals surface area contributed by atoms with Crippen LogP contribution in [0.2, 0.25) is 0 Å². The lowest BCUT2D eigenvalue weighted by Gasteiger charge is -2.23. The standard InChI is InChI=1S/C28H8F12N8/c1-42-48-22-20-19(46-23(27(35,36)37)16(45-20)12-4-8-14(9-5-12)26(32,33)34)17(43-10-41)18-21(22)47-24(28(38,39)40)15(44-18)11-2-6-13(7-3-11)25(29,30)31/h2-9H/b43-17+,48-22+. The van der Waals surface area contributed by atoms with E-state index in [0.717, 1.165) is 0 Å². The number of aromatic nitrogens is 4. The Morgan fingerprint density at radius 3 is 1.21 bits per heavy atom. The number of rotatable bonds is 2. The molecule has 2 heterocycles. The Kier molecular flexibility index (Phi) is 7.94. The molecule has 0 saturated carbocycles. The Bertz CT molecular complexity index is 1930. The largest absolute Gasteiger partial charge is 0.435 e. The number of nitrogens with zero attached hydrogens (tertiary/aromatic N) is 8. The Hall–Kier alpha value is -5.92. The van der Waals surface area contributed by atoms with Crippen molar-refractivity contribution in [1.82, 2.24) is 19.9 Å². The van der Waals surface area contributed by atoms with Crippen molar-refractivity contribution in [3.05, 3.63) is 105 Å². The SMILES string of the molecule is [C-]#[N+]/N=C1\c2nc(-c3ccc(C(F)(F)F)cc3)c(C(F)(F)F)nc2/C(=N/C#N)c2nc(-c3ccc(C(F)(F)F)cc3)c(C(F)(F)F)nc21. The van der Waals surface area contributed by atoms with Crippen molar-refractivity contribution in [1.29, 1.82) is 5.26 Å². The van der Waals surface area contributed by atoms with Crippen LogP contribution in [-0.2, 0) is 24.7 Å². The summed E-state index contributed by atoms with van der Waals surface area (Å²) < 4.78 is 164. The van der Waals surface area contributed by atoms with Crippen molar-refractivity contribution in [2.24, 2.45) is 10.1 Å². The number of benzene rings is 2. The number of hydrogen-bond donors (Lipinski definition) is 0. The summed E-state index contributed by atoms with van der Waals surface area (Å²) in [5, 5.41) is 12.7. The maximum absolute atomic E-state index is 14.3. The molecule has 0 amide bonds. The molecule has 2 aromatic carbocycles. The summed E-state index contributed by atoms with van der Waals surface area (Å²) in [6.07, 6.45) is -19.3. The average Bonchev–Trinajstić information content (AvgIpc) is 3.00. The smallest absolute Gasteiger partial charge is 0.241 e. The highest BCUT2D eigenvalue weighted by Gasteiger charge is 2.45. The van der Waals surface area contributed by atoms with E-state index in [0.29, 0.717) is 48.5 Å². The predicted octanol–water partition coefficient (Wildman–Crippen LogP) is 7.98. The molecule has 20 heteroatoms. The van der Waals surface area contributed by atoms with Crippen LogP contribution in [0.5, 0.6) is 0 Å². The Morgan fingerprint density at radius 1 is 0.521 bits per heavy atom. The summed E-state index contributed by atoms with van der Waals surface area (Å²) in [7, 11) is 0. The number of fused-ring (bicyclic) bond motifs is 2. The first kappa shape index (κ1) is 33.4. The molecule has 0 N–H and O–H groups in total. The summed E-state index contributed by atoms with van der Waals surface area (Å²) in [5.41, 5.74) is -15.1. The molecule has 48 heavy (non-hydrogen) atoms. The maximum Gasteiger partial charge on any atom is 0.435 e. The van der Waals surface area contributed by atoms with Crippen LogP contribution in [0.4, 0.5) is 52.7 Å². The minimum Gasteiger partial charge on any atom is -0.241 e. The van der Waals surface area contributed by atoms with Crippen molar-refractivity contribution in [3.8, 4) is 28.7 Å². The molecular formula is C28H8F12N8. The third kappa shape index (κ3) is 6.11. The van der Waals surface area contributed by atoms with Gasteiger partial charge in [-0.2, -0.15) is 69.5 Å². The summed E-state index contributed by atoms with van der Waals surface area (Å²) in [6.45, 7) is 7.18. The molecule has 1 aliphatic rings. The van der Waals surface area contributed by atoms with Crippen LogP contribution in [0.1, 0.15) is 45.3 Å². The van der Waals surface area contributed by atoms with Crippen LogP contribution < -0.4 is 0 Å². The normalized spacial score (nSPS) is 15.1. The van der Waals surface area contributed by atoms with Gasteiger partial charge in [-0.1, -0.05) is 24.3 Å². The molecule has 0 unspecified atom stereocenters. The second-order valence-corrected chi connectivity index (χ2v) is 9.49. The second-order valence-electron chi connectivity index (χ2n) is 9.49. The van der Waals surface area contributed by atoms with Crippen molar-refractivity contribution < 1.29 is 52.7 Å². The van der Waals surface area contributed by atoms with Gasteiger partial charge in [-0.05, 0) is 24.3 Å². The van der Waals surface area contributed by atoms with Crippen LogP contribution in [-0.4, -0.2) is 31.4 Å². The maximum atomic E-state index is 14.3. The van der Waals surface area contributed by atoms with Crippen molar-refractivity contribution in [2.75, 3.05) is 0 Å². The zero-order chi connectivity index (χ0) is 35.4. The monoisotopic (exact) mass is 684 g/mol. The Balaban J connectivity index is 1.84. The molecule has 244 valence electrons. The predicted molar refractivity (Wildman–Crippen MR) is 138 cm³/mol. The van der Waals surface area contributed by atoms with Gasteiger partial charge >= 0.3 is 24.7 Å². The second kappa shape index (κ2) is 11.4. The van der Waals surface area contributed by atoms with Crippen LogP contribution in [0.15, 0.2) is 58.6 Å². The highest BCUT2D eigenvalue weighted by atomic mass is 19.4. The number of nitriles is 1. The van der Waals surface area contributed by atoms with Gasteiger partial charge in [-0.3, -0.25) is 0 Å². The summed E-state index contributed by atoms with van der Waals surface area (Å²) in [4.78, 5) is 20.6. The van der Waals surface area contributed by atoms with Crippen molar-refractivity contribution >= 4 is 11.4 Å². The summed E-state index contributed by atoms with van der Waals surface area (Å²) >= 11 is 0. The number of halogens is 12. The fourth-order valence-corrected chi connectivity index (χ4v) is 4.49. The molecule has 0 aliphatic heterocycles. The molecule has 0 saturated heterocycles. The van der Waals surface area contributed by atoms with Gasteiger partial charge in [0.25, 0.3) is 0 Å². The van der Waals surface area contributed by atoms with Gasteiger partial charge < -0.3 is 0 Å². The molecule has 4 aromatic rings. The van der Waals surface area contributed by atoms with Crippen LogP contribution >= 0.6 is 0 Å². The number of alkyl halides is 12. The fraction of sp³-hybridized carbons (Fsp3) is 0.143. The van der Waals surface area contributed by atoms with Gasteiger partial charge in [0, 0.05) is 11.1 Å². The van der Waals surface area contributed by atoms with Crippen LogP contribution in [0.3, 0.4) is 0 Å². The quantitative estimate of drug-likeness (QED) is 0.0812. The first-order valence-corrected chi connectivity index (χ1v) is 12.5. The highest BCUT2D eigenvalue weighted by Crippen LogP contribution is 2.41. The minimum atomic E-state index is -5.38. The molecule has 0 atom stereocenters. The first-order chi connectivity index (χ1) is 22.3. The molecular weight excluding hydrogens is 676 g/mol. The summed E-state index contributed by atoms with van der Waals surface area (Å²) in [5.74, 6) is 0. The van der Waals surface area contributed by atoms with Gasteiger partial charge in [-0.25, -0.2) is 19.9 Å². The van der Waals surface area contributed by atoms with Crippen LogP contribution in [0, 0.1) is 18.0 Å². The van der Waals surface area contributed by atoms with E-state index < -0.39 is 104 Å². The number of aliphatic imine (C=N–C) groups is 1. The average molecular weight is 684 g/mol. The molecule has 0 bridgehead atoms. The fourth-order valence-electron chi connectivity index (χ4n) is 4.49. The summed E-state index contributed by atoms with van der Waals surface area (Å²) in [6, 6.07) is 4.24. The molecule has 8 nitrogen and oxygen atoms in total. The third-order valence-corrected chi connectivity index (χ3v) is 6.51. The lowest BCUT2D eigenvalue weighted by molar-refractivity contribution is -0.141. The topological polar surface area (TPSA) is 104 Å². The molecule has 0 radical (unpaired) electrons. The van der Waals surface area contributed by atoms with E-state index in [1.165, 1.54) is 6.19 Å².